The van der Waals surface area contributed by atoms with Gasteiger partial charge in [0, 0.05) is 6.54 Å². The Morgan fingerprint density at radius 2 is 2.20 bits per heavy atom. The average molecular weight is 217 g/mol. The van der Waals surface area contributed by atoms with Gasteiger partial charge < -0.3 is 15.2 Å². The van der Waals surface area contributed by atoms with E-state index in [1.165, 1.54) is 12.8 Å². The van der Waals surface area contributed by atoms with E-state index in [4.69, 9.17) is 9.84 Å². The fraction of sp³-hybridized carbons (Fsp3) is 0.909. The third-order valence-corrected chi connectivity index (χ3v) is 2.37. The molecule has 0 aliphatic carbocycles. The van der Waals surface area contributed by atoms with Gasteiger partial charge in [-0.15, -0.1) is 0 Å². The molecule has 0 aromatic carbocycles. The van der Waals surface area contributed by atoms with Crippen LogP contribution in [0.4, 0.5) is 4.79 Å². The summed E-state index contributed by atoms with van der Waals surface area (Å²) in [6.07, 6.45) is 4.07. The number of aliphatic hydroxyl groups excluding tert-OH is 1. The highest BCUT2D eigenvalue weighted by atomic mass is 16.5. The van der Waals surface area contributed by atoms with Crippen LogP contribution in [0.25, 0.3) is 0 Å². The number of carbonyl (C=O) groups excluding carboxylic acids is 1. The Labute approximate surface area is 92.0 Å². The van der Waals surface area contributed by atoms with E-state index < -0.39 is 6.09 Å². The van der Waals surface area contributed by atoms with Crippen LogP contribution >= 0.6 is 0 Å². The number of rotatable bonds is 8. The van der Waals surface area contributed by atoms with Crippen molar-refractivity contribution in [2.75, 3.05) is 19.8 Å². The lowest BCUT2D eigenvalue weighted by Crippen LogP contribution is -2.28. The summed E-state index contributed by atoms with van der Waals surface area (Å²) in [5.41, 5.74) is 0. The first-order chi connectivity index (χ1) is 7.24. The molecule has 4 nitrogen and oxygen atoms in total. The average Bonchev–Trinajstić information content (AvgIpc) is 2.26. The standard InChI is InChI=1S/C11H23NO3/c1-3-5-6-10(4-2)9-15-11(14)12-7-8-13/h10,13H,3-9H2,1-2H3,(H,12,14). The third-order valence-electron chi connectivity index (χ3n) is 2.37. The highest BCUT2D eigenvalue weighted by Crippen LogP contribution is 2.12. The predicted octanol–water partition coefficient (Wildman–Crippen LogP) is 1.92. The number of hydrogen-bond donors (Lipinski definition) is 2. The second-order valence-corrected chi connectivity index (χ2v) is 3.67. The first-order valence-corrected chi connectivity index (χ1v) is 5.76. The number of amides is 1. The van der Waals surface area contributed by atoms with Crippen molar-refractivity contribution >= 4 is 6.09 Å². The van der Waals surface area contributed by atoms with Crippen molar-refractivity contribution in [2.24, 2.45) is 5.92 Å². The SMILES string of the molecule is CCCCC(CC)COC(=O)NCCO. The first-order valence-electron chi connectivity index (χ1n) is 5.76. The van der Waals surface area contributed by atoms with E-state index in [1.807, 2.05) is 0 Å². The second kappa shape index (κ2) is 9.77. The van der Waals surface area contributed by atoms with Crippen LogP contribution in [0.1, 0.15) is 39.5 Å². The van der Waals surface area contributed by atoms with Gasteiger partial charge in [0.15, 0.2) is 0 Å². The minimum absolute atomic E-state index is 0.0534. The number of aliphatic hydroxyl groups is 1. The van der Waals surface area contributed by atoms with Crippen molar-refractivity contribution < 1.29 is 14.6 Å². The zero-order valence-electron chi connectivity index (χ0n) is 9.79. The highest BCUT2D eigenvalue weighted by molar-refractivity contribution is 5.67. The Bertz CT molecular complexity index is 162. The normalized spacial score (nSPS) is 12.2. The molecule has 0 spiro atoms. The number of alkyl carbamates (subject to hydrolysis) is 1. The number of ether oxygens (including phenoxy) is 1. The van der Waals surface area contributed by atoms with Gasteiger partial charge in [-0.1, -0.05) is 33.1 Å². The summed E-state index contributed by atoms with van der Waals surface area (Å²) in [6, 6.07) is 0. The van der Waals surface area contributed by atoms with Crippen LogP contribution in [-0.4, -0.2) is 31.0 Å². The molecule has 90 valence electrons. The summed E-state index contributed by atoms with van der Waals surface area (Å²) in [7, 11) is 0. The number of carbonyl (C=O) groups is 1. The smallest absolute Gasteiger partial charge is 0.407 e. The maximum absolute atomic E-state index is 11.1. The Hall–Kier alpha value is -0.770. The number of hydrogen-bond acceptors (Lipinski definition) is 3. The summed E-state index contributed by atoms with van der Waals surface area (Å²) in [5.74, 6) is 0.463. The van der Waals surface area contributed by atoms with Gasteiger partial charge in [-0.25, -0.2) is 4.79 Å². The lowest BCUT2D eigenvalue weighted by Gasteiger charge is -2.14. The van der Waals surface area contributed by atoms with Crippen LogP contribution in [0.3, 0.4) is 0 Å². The van der Waals surface area contributed by atoms with E-state index in [1.54, 1.807) is 0 Å². The van der Waals surface area contributed by atoms with E-state index >= 15 is 0 Å². The fourth-order valence-electron chi connectivity index (χ4n) is 1.30. The molecule has 0 bridgehead atoms. The third kappa shape index (κ3) is 8.24. The van der Waals surface area contributed by atoms with Gasteiger partial charge >= 0.3 is 6.09 Å². The molecule has 4 heteroatoms. The summed E-state index contributed by atoms with van der Waals surface area (Å²) >= 11 is 0. The van der Waals surface area contributed by atoms with Gasteiger partial charge in [-0.05, 0) is 12.3 Å². The Morgan fingerprint density at radius 1 is 1.47 bits per heavy atom. The van der Waals surface area contributed by atoms with Gasteiger partial charge in [0.2, 0.25) is 0 Å². The van der Waals surface area contributed by atoms with E-state index in [0.29, 0.717) is 12.5 Å². The van der Waals surface area contributed by atoms with Crippen molar-refractivity contribution in [3.05, 3.63) is 0 Å². The molecule has 0 aliphatic heterocycles. The molecule has 0 aliphatic rings. The van der Waals surface area contributed by atoms with E-state index in [-0.39, 0.29) is 13.2 Å². The number of nitrogens with one attached hydrogen (secondary N) is 1. The van der Waals surface area contributed by atoms with Crippen molar-refractivity contribution in [1.29, 1.82) is 0 Å². The van der Waals surface area contributed by atoms with Crippen LogP contribution in [0.2, 0.25) is 0 Å². The summed E-state index contributed by atoms with van der Waals surface area (Å²) in [5, 5.41) is 10.9. The fourth-order valence-corrected chi connectivity index (χ4v) is 1.30. The molecule has 15 heavy (non-hydrogen) atoms. The lowest BCUT2D eigenvalue weighted by molar-refractivity contribution is 0.120. The summed E-state index contributed by atoms with van der Waals surface area (Å²) in [4.78, 5) is 11.1. The molecule has 0 radical (unpaired) electrons. The quantitative estimate of drug-likeness (QED) is 0.653. The van der Waals surface area contributed by atoms with E-state index in [9.17, 15) is 4.79 Å². The Balaban J connectivity index is 3.55. The van der Waals surface area contributed by atoms with Gasteiger partial charge in [0.05, 0.1) is 13.2 Å². The minimum atomic E-state index is -0.431. The molecular weight excluding hydrogens is 194 g/mol. The zero-order valence-corrected chi connectivity index (χ0v) is 9.79. The molecule has 1 atom stereocenters. The molecule has 0 heterocycles. The Kier molecular flexibility index (Phi) is 9.27. The number of unbranched alkanes of at least 4 members (excludes halogenated alkanes) is 1. The van der Waals surface area contributed by atoms with Gasteiger partial charge in [-0.2, -0.15) is 0 Å². The molecule has 0 aromatic rings. The Morgan fingerprint density at radius 3 is 2.73 bits per heavy atom. The molecule has 1 amide bonds. The van der Waals surface area contributed by atoms with Crippen LogP contribution in [0.5, 0.6) is 0 Å². The van der Waals surface area contributed by atoms with Crippen LogP contribution in [-0.2, 0) is 4.74 Å². The molecule has 0 fully saturated rings. The topological polar surface area (TPSA) is 58.6 Å². The summed E-state index contributed by atoms with van der Waals surface area (Å²) in [6.45, 7) is 4.94. The molecule has 0 saturated carbocycles. The van der Waals surface area contributed by atoms with E-state index in [2.05, 4.69) is 19.2 Å². The largest absolute Gasteiger partial charge is 0.449 e. The molecule has 0 aromatic heterocycles. The monoisotopic (exact) mass is 217 g/mol. The second-order valence-electron chi connectivity index (χ2n) is 3.67. The first kappa shape index (κ1) is 14.2. The van der Waals surface area contributed by atoms with Crippen molar-refractivity contribution in [2.45, 2.75) is 39.5 Å². The zero-order chi connectivity index (χ0) is 11.5. The van der Waals surface area contributed by atoms with Crippen molar-refractivity contribution in [1.82, 2.24) is 5.32 Å². The van der Waals surface area contributed by atoms with Gasteiger partial charge in [0.25, 0.3) is 0 Å². The molecular formula is C11H23NO3. The lowest BCUT2D eigenvalue weighted by atomic mass is 10.0. The summed E-state index contributed by atoms with van der Waals surface area (Å²) < 4.78 is 5.03. The van der Waals surface area contributed by atoms with Crippen molar-refractivity contribution in [3.8, 4) is 0 Å². The van der Waals surface area contributed by atoms with Crippen molar-refractivity contribution in [3.63, 3.8) is 0 Å². The van der Waals surface area contributed by atoms with Crippen LogP contribution in [0, 0.1) is 5.92 Å². The molecule has 1 unspecified atom stereocenters. The van der Waals surface area contributed by atoms with Crippen LogP contribution < -0.4 is 5.32 Å². The van der Waals surface area contributed by atoms with E-state index in [0.717, 1.165) is 12.8 Å². The maximum Gasteiger partial charge on any atom is 0.407 e. The maximum atomic E-state index is 11.1. The van der Waals surface area contributed by atoms with Gasteiger partial charge in [0.1, 0.15) is 0 Å². The molecule has 2 N–H and O–H groups in total. The minimum Gasteiger partial charge on any atom is -0.449 e. The molecule has 0 rings (SSSR count). The van der Waals surface area contributed by atoms with Crippen LogP contribution in [0.15, 0.2) is 0 Å². The highest BCUT2D eigenvalue weighted by Gasteiger charge is 2.08. The predicted molar refractivity (Wildman–Crippen MR) is 59.7 cm³/mol. The molecule has 0 saturated heterocycles. The van der Waals surface area contributed by atoms with Gasteiger partial charge in [-0.3, -0.25) is 0 Å².